The maximum atomic E-state index is 13.0. The molecule has 0 fully saturated rings. The van der Waals surface area contributed by atoms with Crippen molar-refractivity contribution in [3.05, 3.63) is 82.3 Å². The predicted molar refractivity (Wildman–Crippen MR) is 94.7 cm³/mol. The van der Waals surface area contributed by atoms with Crippen molar-refractivity contribution in [3.8, 4) is 0 Å². The summed E-state index contributed by atoms with van der Waals surface area (Å²) in [5.41, 5.74) is 2.50. The second-order valence-electron chi connectivity index (χ2n) is 5.68. The predicted octanol–water partition coefficient (Wildman–Crippen LogP) is 4.63. The summed E-state index contributed by atoms with van der Waals surface area (Å²) in [5.74, 6) is -0.0429. The lowest BCUT2D eigenvalue weighted by atomic mass is 9.83. The fourth-order valence-electron chi connectivity index (χ4n) is 3.13. The van der Waals surface area contributed by atoms with Crippen LogP contribution in [0, 0.1) is 0 Å². The van der Waals surface area contributed by atoms with Gasteiger partial charge in [-0.3, -0.25) is 9.59 Å². The molecule has 0 saturated heterocycles. The molecule has 0 spiro atoms. The zero-order chi connectivity index (χ0) is 16.4. The molecule has 116 valence electrons. The first-order valence-electron chi connectivity index (χ1n) is 7.62. The minimum atomic E-state index is -0.279. The topological polar surface area (TPSA) is 34.1 Å². The Morgan fingerprint density at radius 1 is 0.913 bits per heavy atom. The monoisotopic (exact) mass is 322 g/mol. The van der Waals surface area contributed by atoms with E-state index in [2.05, 4.69) is 0 Å². The number of hydrogen-bond donors (Lipinski definition) is 0. The first-order chi connectivity index (χ1) is 11.1. The number of rotatable bonds is 4. The normalized spacial score (nSPS) is 20.6. The molecular weight excluding hydrogens is 304 g/mol. The summed E-state index contributed by atoms with van der Waals surface area (Å²) in [5, 5.41) is -0.279. The Labute approximate surface area is 140 Å². The number of allylic oxidation sites excluding steroid dienone is 2. The molecule has 3 rings (SSSR count). The van der Waals surface area contributed by atoms with Crippen molar-refractivity contribution in [3.63, 3.8) is 0 Å². The number of hydrogen-bond acceptors (Lipinski definition) is 3. The van der Waals surface area contributed by atoms with E-state index in [0.29, 0.717) is 5.56 Å². The third kappa shape index (κ3) is 3.02. The molecule has 1 aliphatic rings. The molecule has 2 aromatic rings. The summed E-state index contributed by atoms with van der Waals surface area (Å²) in [6, 6.07) is 19.2. The Morgan fingerprint density at radius 3 is 2.04 bits per heavy atom. The molecule has 0 aromatic heterocycles. The minimum Gasteiger partial charge on any atom is -0.295 e. The lowest BCUT2D eigenvalue weighted by Crippen LogP contribution is -2.25. The molecule has 0 radical (unpaired) electrons. The van der Waals surface area contributed by atoms with Crippen molar-refractivity contribution in [2.75, 3.05) is 0 Å². The summed E-state index contributed by atoms with van der Waals surface area (Å²) in [6.45, 7) is 3.53. The average molecular weight is 322 g/mol. The molecule has 0 aliphatic carbocycles. The smallest absolute Gasteiger partial charge is 0.177 e. The van der Waals surface area contributed by atoms with Crippen molar-refractivity contribution >= 4 is 23.3 Å². The second kappa shape index (κ2) is 6.55. The van der Waals surface area contributed by atoms with Crippen molar-refractivity contribution in [2.24, 2.45) is 0 Å². The van der Waals surface area contributed by atoms with Crippen LogP contribution >= 0.6 is 11.8 Å². The summed E-state index contributed by atoms with van der Waals surface area (Å²) in [4.78, 5) is 26.1. The first-order valence-corrected chi connectivity index (χ1v) is 8.50. The van der Waals surface area contributed by atoms with Crippen LogP contribution in [-0.4, -0.2) is 16.8 Å². The van der Waals surface area contributed by atoms with Crippen LogP contribution in [0.25, 0.3) is 0 Å². The maximum Gasteiger partial charge on any atom is 0.177 e. The SMILES string of the molecule is CC(=O)C1=C(C)SC(C(=O)c2ccccc2)C1c1ccccc1. The van der Waals surface area contributed by atoms with Gasteiger partial charge >= 0.3 is 0 Å². The van der Waals surface area contributed by atoms with E-state index in [-0.39, 0.29) is 22.7 Å². The molecule has 1 heterocycles. The number of thioether (sulfide) groups is 1. The average Bonchev–Trinajstić information content (AvgIpc) is 2.93. The standard InChI is InChI=1S/C20H18O2S/c1-13(21)17-14(2)23-20(18(17)15-9-5-3-6-10-15)19(22)16-11-7-4-8-12-16/h3-12,18,20H,1-2H3. The molecule has 2 atom stereocenters. The number of ketones is 2. The van der Waals surface area contributed by atoms with Crippen LogP contribution in [0.1, 0.15) is 35.7 Å². The Morgan fingerprint density at radius 2 is 1.48 bits per heavy atom. The number of benzene rings is 2. The summed E-state index contributed by atoms with van der Waals surface area (Å²) >= 11 is 1.52. The highest BCUT2D eigenvalue weighted by Crippen LogP contribution is 2.48. The highest BCUT2D eigenvalue weighted by molar-refractivity contribution is 8.04. The Balaban J connectivity index is 2.04. The lowest BCUT2D eigenvalue weighted by molar-refractivity contribution is -0.113. The third-order valence-electron chi connectivity index (χ3n) is 4.15. The highest BCUT2D eigenvalue weighted by atomic mass is 32.2. The zero-order valence-electron chi connectivity index (χ0n) is 13.2. The van der Waals surface area contributed by atoms with Gasteiger partial charge in [-0.15, -0.1) is 11.8 Å². The van der Waals surface area contributed by atoms with Crippen LogP contribution in [-0.2, 0) is 4.79 Å². The molecule has 23 heavy (non-hydrogen) atoms. The molecule has 2 aromatic carbocycles. The van der Waals surface area contributed by atoms with Crippen LogP contribution in [0.4, 0.5) is 0 Å². The second-order valence-corrected chi connectivity index (χ2v) is 7.04. The van der Waals surface area contributed by atoms with Gasteiger partial charge in [-0.05, 0) is 24.3 Å². The van der Waals surface area contributed by atoms with Gasteiger partial charge in [-0.25, -0.2) is 0 Å². The number of Topliss-reactive ketones (excluding diaryl/α,β-unsaturated/α-hetero) is 2. The number of carbonyl (C=O) groups excluding carboxylic acids is 2. The molecule has 2 nitrogen and oxygen atoms in total. The first kappa shape index (κ1) is 15.8. The van der Waals surface area contributed by atoms with Gasteiger partial charge in [-0.2, -0.15) is 0 Å². The Kier molecular flexibility index (Phi) is 4.49. The zero-order valence-corrected chi connectivity index (χ0v) is 14.0. The summed E-state index contributed by atoms with van der Waals surface area (Å²) in [7, 11) is 0. The van der Waals surface area contributed by atoms with Crippen LogP contribution in [0.2, 0.25) is 0 Å². The number of carbonyl (C=O) groups is 2. The van der Waals surface area contributed by atoms with Gasteiger partial charge in [-0.1, -0.05) is 60.7 Å². The molecular formula is C20H18O2S. The maximum absolute atomic E-state index is 13.0. The van der Waals surface area contributed by atoms with Gasteiger partial charge in [0.1, 0.15) is 0 Å². The van der Waals surface area contributed by atoms with E-state index in [0.717, 1.165) is 16.0 Å². The molecule has 0 bridgehead atoms. The van der Waals surface area contributed by atoms with E-state index in [4.69, 9.17) is 0 Å². The van der Waals surface area contributed by atoms with Crippen LogP contribution in [0.5, 0.6) is 0 Å². The van der Waals surface area contributed by atoms with E-state index in [1.54, 1.807) is 6.92 Å². The van der Waals surface area contributed by atoms with Crippen LogP contribution in [0.15, 0.2) is 71.1 Å². The molecule has 2 unspecified atom stereocenters. The molecule has 0 amide bonds. The third-order valence-corrected chi connectivity index (χ3v) is 5.47. The highest BCUT2D eigenvalue weighted by Gasteiger charge is 2.41. The van der Waals surface area contributed by atoms with Gasteiger partial charge in [0.05, 0.1) is 5.25 Å². The molecule has 0 saturated carbocycles. The Bertz CT molecular complexity index is 763. The van der Waals surface area contributed by atoms with E-state index < -0.39 is 0 Å². The lowest BCUT2D eigenvalue weighted by Gasteiger charge is -2.21. The van der Waals surface area contributed by atoms with Gasteiger partial charge in [0.25, 0.3) is 0 Å². The molecule has 3 heteroatoms. The van der Waals surface area contributed by atoms with Crippen LogP contribution < -0.4 is 0 Å². The summed E-state index contributed by atoms with van der Waals surface area (Å²) < 4.78 is 0. The fraction of sp³-hybridized carbons (Fsp3) is 0.200. The van der Waals surface area contributed by atoms with Crippen molar-refractivity contribution < 1.29 is 9.59 Å². The largest absolute Gasteiger partial charge is 0.295 e. The summed E-state index contributed by atoms with van der Waals surface area (Å²) in [6.07, 6.45) is 0. The van der Waals surface area contributed by atoms with Crippen LogP contribution in [0.3, 0.4) is 0 Å². The van der Waals surface area contributed by atoms with Gasteiger partial charge in [0.2, 0.25) is 0 Å². The fourth-order valence-corrected chi connectivity index (χ4v) is 4.58. The van der Waals surface area contributed by atoms with Gasteiger partial charge in [0, 0.05) is 17.1 Å². The quantitative estimate of drug-likeness (QED) is 0.770. The van der Waals surface area contributed by atoms with Crippen molar-refractivity contribution in [1.82, 2.24) is 0 Å². The van der Waals surface area contributed by atoms with Gasteiger partial charge in [0.15, 0.2) is 11.6 Å². The van der Waals surface area contributed by atoms with Gasteiger partial charge < -0.3 is 0 Å². The van der Waals surface area contributed by atoms with E-state index in [9.17, 15) is 9.59 Å². The Hall–Kier alpha value is -2.13. The van der Waals surface area contributed by atoms with E-state index in [1.165, 1.54) is 11.8 Å². The van der Waals surface area contributed by atoms with Crippen molar-refractivity contribution in [2.45, 2.75) is 25.0 Å². The van der Waals surface area contributed by atoms with E-state index in [1.807, 2.05) is 67.6 Å². The minimum absolute atomic E-state index is 0.0483. The van der Waals surface area contributed by atoms with Crippen molar-refractivity contribution in [1.29, 1.82) is 0 Å². The molecule has 0 N–H and O–H groups in total. The van der Waals surface area contributed by atoms with E-state index >= 15 is 0 Å². The molecule has 1 aliphatic heterocycles.